The first kappa shape index (κ1) is 22.4. The second-order valence-electron chi connectivity index (χ2n) is 6.15. The summed E-state index contributed by atoms with van der Waals surface area (Å²) in [5.74, 6) is -0.319. The molecule has 0 spiro atoms. The monoisotopic (exact) mass is 461 g/mol. The van der Waals surface area contributed by atoms with Gasteiger partial charge in [0.2, 0.25) is 11.8 Å². The van der Waals surface area contributed by atoms with Crippen LogP contribution in [0.1, 0.15) is 11.5 Å². The summed E-state index contributed by atoms with van der Waals surface area (Å²) in [6, 6.07) is 5.17. The quantitative estimate of drug-likeness (QED) is 0.268. The van der Waals surface area contributed by atoms with E-state index in [4.69, 9.17) is 22.6 Å². The fourth-order valence-electron chi connectivity index (χ4n) is 2.63. The average Bonchev–Trinajstić information content (AvgIpc) is 3.14. The Morgan fingerprint density at radius 1 is 1.06 bits per heavy atom. The van der Waals surface area contributed by atoms with E-state index >= 15 is 0 Å². The molecule has 6 nitrogen and oxygen atoms in total. The number of hydrogen-bond acceptors (Lipinski definition) is 5. The molecule has 0 fully saturated rings. The van der Waals surface area contributed by atoms with Crippen molar-refractivity contribution in [1.29, 1.82) is 0 Å². The van der Waals surface area contributed by atoms with Crippen molar-refractivity contribution in [2.75, 3.05) is 11.4 Å². The van der Waals surface area contributed by atoms with Gasteiger partial charge in [-0.05, 0) is 24.3 Å². The first-order chi connectivity index (χ1) is 14.5. The summed E-state index contributed by atoms with van der Waals surface area (Å²) in [5, 5.41) is 7.51. The van der Waals surface area contributed by atoms with E-state index in [2.05, 4.69) is 20.0 Å². The minimum atomic E-state index is -4.92. The van der Waals surface area contributed by atoms with Crippen molar-refractivity contribution in [3.05, 3.63) is 64.6 Å². The van der Waals surface area contributed by atoms with Gasteiger partial charge in [-0.25, -0.2) is 9.83 Å². The molecule has 0 saturated heterocycles. The number of pyridine rings is 1. The Labute approximate surface area is 175 Å². The van der Waals surface area contributed by atoms with Gasteiger partial charge in [-0.2, -0.15) is 26.3 Å². The summed E-state index contributed by atoms with van der Waals surface area (Å²) in [7, 11) is 0. The molecule has 0 bridgehead atoms. The van der Waals surface area contributed by atoms with Crippen LogP contribution in [0.25, 0.3) is 16.3 Å². The zero-order valence-electron chi connectivity index (χ0n) is 15.2. The Morgan fingerprint density at radius 3 is 2.42 bits per heavy atom. The molecule has 0 radical (unpaired) electrons. The number of rotatable bonds is 5. The smallest absolute Gasteiger partial charge is 0.407 e. The molecular formula is C18H10ClF6N5O. The summed E-state index contributed by atoms with van der Waals surface area (Å²) < 4.78 is 84.3. The van der Waals surface area contributed by atoms with Crippen molar-refractivity contribution >= 4 is 23.0 Å². The Morgan fingerprint density at radius 2 is 1.81 bits per heavy atom. The van der Waals surface area contributed by atoms with E-state index in [1.165, 1.54) is 18.3 Å². The van der Waals surface area contributed by atoms with E-state index in [0.717, 1.165) is 12.1 Å². The molecular weight excluding hydrogens is 452 g/mol. The highest BCUT2D eigenvalue weighted by atomic mass is 35.5. The fraction of sp³-hybridized carbons (Fsp3) is 0.222. The Balaban J connectivity index is 1.95. The standard InChI is InChI=1S/C18H10ClF6N5O/c1-26-13-3-2-11(7-12(13)18(23,24)25)30(9-17(20,21)22)8-15-28-29-16(31-15)10-4-5-27-14(19)6-10/h2-7H,8-9H2. The fourth-order valence-corrected chi connectivity index (χ4v) is 2.81. The summed E-state index contributed by atoms with van der Waals surface area (Å²) in [6.45, 7) is 4.64. The summed E-state index contributed by atoms with van der Waals surface area (Å²) >= 11 is 5.77. The van der Waals surface area contributed by atoms with Crippen molar-refractivity contribution in [2.45, 2.75) is 18.9 Å². The van der Waals surface area contributed by atoms with E-state index in [0.29, 0.717) is 16.5 Å². The van der Waals surface area contributed by atoms with E-state index < -0.39 is 42.4 Å². The molecule has 0 unspecified atom stereocenters. The normalized spacial score (nSPS) is 11.9. The molecule has 0 aliphatic heterocycles. The van der Waals surface area contributed by atoms with Crippen molar-refractivity contribution in [3.8, 4) is 11.5 Å². The zero-order valence-corrected chi connectivity index (χ0v) is 15.9. The van der Waals surface area contributed by atoms with Crippen LogP contribution in [0, 0.1) is 6.57 Å². The third-order valence-corrected chi connectivity index (χ3v) is 4.11. The molecule has 3 aromatic rings. The van der Waals surface area contributed by atoms with Crippen molar-refractivity contribution < 1.29 is 30.8 Å². The predicted octanol–water partition coefficient (Wildman–Crippen LogP) is 5.92. The van der Waals surface area contributed by atoms with Crippen molar-refractivity contribution in [2.24, 2.45) is 0 Å². The van der Waals surface area contributed by atoms with Gasteiger partial charge in [0.1, 0.15) is 11.7 Å². The molecule has 0 saturated carbocycles. The van der Waals surface area contributed by atoms with E-state index in [-0.39, 0.29) is 16.9 Å². The second-order valence-corrected chi connectivity index (χ2v) is 6.54. The van der Waals surface area contributed by atoms with Gasteiger partial charge in [0, 0.05) is 17.4 Å². The van der Waals surface area contributed by atoms with Crippen molar-refractivity contribution in [1.82, 2.24) is 15.2 Å². The number of hydrogen-bond donors (Lipinski definition) is 0. The van der Waals surface area contributed by atoms with Crippen LogP contribution < -0.4 is 4.90 Å². The third kappa shape index (κ3) is 5.64. The minimum absolute atomic E-state index is 0.0504. The molecule has 13 heteroatoms. The molecule has 0 aliphatic carbocycles. The highest BCUT2D eigenvalue weighted by molar-refractivity contribution is 6.29. The maximum absolute atomic E-state index is 13.2. The number of nitrogens with zero attached hydrogens (tertiary/aromatic N) is 5. The molecule has 0 aliphatic rings. The van der Waals surface area contributed by atoms with Crippen LogP contribution in [0.2, 0.25) is 5.15 Å². The van der Waals surface area contributed by atoms with Gasteiger partial charge in [0.25, 0.3) is 0 Å². The lowest BCUT2D eigenvalue weighted by Gasteiger charge is -2.25. The molecule has 0 amide bonds. The van der Waals surface area contributed by atoms with E-state index in [1.54, 1.807) is 0 Å². The van der Waals surface area contributed by atoms with Crippen LogP contribution >= 0.6 is 11.6 Å². The van der Waals surface area contributed by atoms with E-state index in [9.17, 15) is 26.3 Å². The second kappa shape index (κ2) is 8.43. The SMILES string of the molecule is [C-]#[N+]c1ccc(N(Cc2nnc(-c3ccnc(Cl)c3)o2)CC(F)(F)F)cc1C(F)(F)F. The molecule has 0 N–H and O–H groups in total. The first-order valence-electron chi connectivity index (χ1n) is 8.31. The highest BCUT2D eigenvalue weighted by Crippen LogP contribution is 2.39. The van der Waals surface area contributed by atoms with Crippen LogP contribution in [0.5, 0.6) is 0 Å². The molecule has 1 aromatic carbocycles. The Bertz CT molecular complexity index is 1120. The molecule has 2 aromatic heterocycles. The number of alkyl halides is 6. The predicted molar refractivity (Wildman–Crippen MR) is 97.4 cm³/mol. The minimum Gasteiger partial charge on any atom is -0.419 e. The van der Waals surface area contributed by atoms with Crippen LogP contribution in [0.15, 0.2) is 40.9 Å². The number of halogens is 7. The summed E-state index contributed by atoms with van der Waals surface area (Å²) in [6.07, 6.45) is -8.30. The van der Waals surface area contributed by atoms with Crippen LogP contribution in [-0.4, -0.2) is 27.9 Å². The maximum atomic E-state index is 13.2. The lowest BCUT2D eigenvalue weighted by atomic mass is 10.1. The lowest BCUT2D eigenvalue weighted by Crippen LogP contribution is -2.34. The number of anilines is 1. The molecule has 3 rings (SSSR count). The van der Waals surface area contributed by atoms with Gasteiger partial charge in [-0.1, -0.05) is 17.7 Å². The highest BCUT2D eigenvalue weighted by Gasteiger charge is 2.36. The van der Waals surface area contributed by atoms with Gasteiger partial charge in [-0.3, -0.25) is 0 Å². The number of aromatic nitrogens is 3. The van der Waals surface area contributed by atoms with Gasteiger partial charge < -0.3 is 9.32 Å². The van der Waals surface area contributed by atoms with Crippen LogP contribution in [0.3, 0.4) is 0 Å². The lowest BCUT2D eigenvalue weighted by molar-refractivity contribution is -0.136. The average molecular weight is 462 g/mol. The van der Waals surface area contributed by atoms with Gasteiger partial charge in [0.05, 0.1) is 18.7 Å². The number of benzene rings is 1. The maximum Gasteiger partial charge on any atom is 0.407 e. The van der Waals surface area contributed by atoms with Gasteiger partial charge >= 0.3 is 12.4 Å². The Hall–Kier alpha value is -3.33. The van der Waals surface area contributed by atoms with E-state index in [1.807, 2.05) is 0 Å². The van der Waals surface area contributed by atoms with Crippen LogP contribution in [0.4, 0.5) is 37.7 Å². The first-order valence-corrected chi connectivity index (χ1v) is 8.69. The topological polar surface area (TPSA) is 59.4 Å². The molecule has 31 heavy (non-hydrogen) atoms. The van der Waals surface area contributed by atoms with Gasteiger partial charge in [-0.15, -0.1) is 10.2 Å². The zero-order chi connectivity index (χ0) is 22.8. The van der Waals surface area contributed by atoms with Gasteiger partial charge in [0.15, 0.2) is 5.69 Å². The molecule has 162 valence electrons. The summed E-state index contributed by atoms with van der Waals surface area (Å²) in [4.78, 5) is 7.14. The summed E-state index contributed by atoms with van der Waals surface area (Å²) in [5.41, 5.74) is -2.12. The Kier molecular flexibility index (Phi) is 6.08. The third-order valence-electron chi connectivity index (χ3n) is 3.91. The van der Waals surface area contributed by atoms with Crippen molar-refractivity contribution in [3.63, 3.8) is 0 Å². The van der Waals surface area contributed by atoms with Crippen LogP contribution in [-0.2, 0) is 12.7 Å². The molecule has 2 heterocycles. The molecule has 0 atom stereocenters. The largest absolute Gasteiger partial charge is 0.419 e.